The van der Waals surface area contributed by atoms with E-state index in [0.717, 1.165) is 18.2 Å². The van der Waals surface area contributed by atoms with Gasteiger partial charge < -0.3 is 0 Å². The largest absolute Gasteiger partial charge is 0.300 e. The summed E-state index contributed by atoms with van der Waals surface area (Å²) < 4.78 is 40.2. The van der Waals surface area contributed by atoms with Crippen LogP contribution in [0, 0.1) is 15.9 Å². The second kappa shape index (κ2) is 5.97. The molecule has 1 saturated heterocycles. The summed E-state index contributed by atoms with van der Waals surface area (Å²) in [6, 6.07) is 2.79. The summed E-state index contributed by atoms with van der Waals surface area (Å²) in [5.41, 5.74) is -1.53. The summed E-state index contributed by atoms with van der Waals surface area (Å²) in [6.07, 6.45) is 0.198. The third-order valence-corrected chi connectivity index (χ3v) is 5.84. The number of hydrogen-bond acceptors (Lipinski definition) is 5. The minimum Gasteiger partial charge on any atom is -0.300 e. The zero-order valence-corrected chi connectivity index (χ0v) is 13.6. The smallest absolute Gasteiger partial charge is 0.269 e. The fourth-order valence-electron chi connectivity index (χ4n) is 2.76. The molecule has 126 valence electrons. The molecule has 7 nitrogen and oxygen atoms in total. The molecule has 1 aliphatic heterocycles. The van der Waals surface area contributed by atoms with Crippen molar-refractivity contribution in [1.82, 2.24) is 4.31 Å². The van der Waals surface area contributed by atoms with E-state index in [0.29, 0.717) is 0 Å². The third-order valence-electron chi connectivity index (χ3n) is 3.81. The molecule has 0 N–H and O–H groups in total. The number of carbonyl (C=O) groups excluding carboxylic acids is 1. The highest BCUT2D eigenvalue weighted by atomic mass is 32.2. The molecule has 0 amide bonds. The van der Waals surface area contributed by atoms with Crippen LogP contribution in [-0.2, 0) is 20.6 Å². The number of sulfonamides is 1. The Labute approximate surface area is 133 Å². The number of hydrogen-bond donors (Lipinski definition) is 0. The van der Waals surface area contributed by atoms with E-state index in [9.17, 15) is 27.7 Å². The van der Waals surface area contributed by atoms with Crippen molar-refractivity contribution < 1.29 is 22.5 Å². The molecule has 1 aromatic rings. The first kappa shape index (κ1) is 17.5. The maximum absolute atomic E-state index is 13.8. The van der Waals surface area contributed by atoms with Gasteiger partial charge in [-0.25, -0.2) is 12.8 Å². The van der Waals surface area contributed by atoms with Crippen molar-refractivity contribution in [1.29, 1.82) is 0 Å². The van der Waals surface area contributed by atoms with Crippen LogP contribution >= 0.6 is 0 Å². The summed E-state index contributed by atoms with van der Waals surface area (Å²) >= 11 is 0. The van der Waals surface area contributed by atoms with Gasteiger partial charge in [0.25, 0.3) is 5.69 Å². The highest BCUT2D eigenvalue weighted by molar-refractivity contribution is 7.88. The van der Waals surface area contributed by atoms with Crippen LogP contribution in [0.1, 0.15) is 32.3 Å². The monoisotopic (exact) mass is 344 g/mol. The zero-order chi connectivity index (χ0) is 17.4. The van der Waals surface area contributed by atoms with Crippen LogP contribution in [0.3, 0.4) is 0 Å². The molecule has 0 aliphatic carbocycles. The standard InChI is InChI=1S/C14H17FN2O5S/c1-14(2)8-12(18)5-6-16(14)23(21,22)9-10-7-11(17(19)20)3-4-13(10)15/h3-4,7H,5-6,8-9H2,1-2H3. The van der Waals surface area contributed by atoms with Crippen molar-refractivity contribution in [3.05, 3.63) is 39.7 Å². The Balaban J connectivity index is 2.33. The van der Waals surface area contributed by atoms with Crippen LogP contribution in [0.25, 0.3) is 0 Å². The molecule has 2 rings (SSSR count). The number of nitro groups is 1. The average Bonchev–Trinajstić information content (AvgIpc) is 2.38. The van der Waals surface area contributed by atoms with E-state index < -0.39 is 32.1 Å². The lowest BCUT2D eigenvalue weighted by Gasteiger charge is -2.40. The SMILES string of the molecule is CC1(C)CC(=O)CCN1S(=O)(=O)Cc1cc([N+](=O)[O-])ccc1F. The van der Waals surface area contributed by atoms with Crippen molar-refractivity contribution in [2.24, 2.45) is 0 Å². The van der Waals surface area contributed by atoms with Gasteiger partial charge in [0.05, 0.1) is 10.7 Å². The Morgan fingerprint density at radius 2 is 2.04 bits per heavy atom. The number of nitro benzene ring substituents is 1. The van der Waals surface area contributed by atoms with E-state index in [1.54, 1.807) is 13.8 Å². The molecule has 0 radical (unpaired) electrons. The molecule has 0 unspecified atom stereocenters. The Kier molecular flexibility index (Phi) is 4.54. The summed E-state index contributed by atoms with van der Waals surface area (Å²) in [4.78, 5) is 21.6. The van der Waals surface area contributed by atoms with Crippen LogP contribution in [0.2, 0.25) is 0 Å². The second-order valence-corrected chi connectivity index (χ2v) is 8.03. The Hall–Kier alpha value is -1.87. The summed E-state index contributed by atoms with van der Waals surface area (Å²) in [5.74, 6) is -1.52. The van der Waals surface area contributed by atoms with E-state index in [-0.39, 0.29) is 36.4 Å². The fourth-order valence-corrected chi connectivity index (χ4v) is 4.72. The fraction of sp³-hybridized carbons (Fsp3) is 0.500. The predicted octanol–water partition coefficient (Wildman–Crippen LogP) is 2.01. The van der Waals surface area contributed by atoms with Gasteiger partial charge in [-0.15, -0.1) is 0 Å². The van der Waals surface area contributed by atoms with E-state index in [1.165, 1.54) is 4.31 Å². The van der Waals surface area contributed by atoms with Crippen molar-refractivity contribution in [2.45, 2.75) is 38.0 Å². The number of non-ortho nitro benzene ring substituents is 1. The highest BCUT2D eigenvalue weighted by Crippen LogP contribution is 2.30. The van der Waals surface area contributed by atoms with Crippen molar-refractivity contribution >= 4 is 21.5 Å². The lowest BCUT2D eigenvalue weighted by atomic mass is 9.92. The molecule has 1 aliphatic rings. The van der Waals surface area contributed by atoms with Crippen LogP contribution in [0.5, 0.6) is 0 Å². The molecule has 0 atom stereocenters. The topological polar surface area (TPSA) is 97.6 Å². The lowest BCUT2D eigenvalue weighted by molar-refractivity contribution is -0.385. The molecule has 1 heterocycles. The Morgan fingerprint density at radius 3 is 2.61 bits per heavy atom. The number of ketones is 1. The quantitative estimate of drug-likeness (QED) is 0.615. The molecule has 0 spiro atoms. The molecule has 1 fully saturated rings. The summed E-state index contributed by atoms with van der Waals surface area (Å²) in [7, 11) is -3.91. The van der Waals surface area contributed by atoms with Crippen molar-refractivity contribution in [3.8, 4) is 0 Å². The van der Waals surface area contributed by atoms with Crippen LogP contribution in [0.4, 0.5) is 10.1 Å². The normalized spacial score (nSPS) is 18.8. The number of nitrogens with zero attached hydrogens (tertiary/aromatic N) is 2. The third kappa shape index (κ3) is 3.73. The molecule has 9 heteroatoms. The van der Waals surface area contributed by atoms with E-state index in [4.69, 9.17) is 0 Å². The average molecular weight is 344 g/mol. The van der Waals surface area contributed by atoms with E-state index in [1.807, 2.05) is 0 Å². The van der Waals surface area contributed by atoms with Gasteiger partial charge in [-0.3, -0.25) is 14.9 Å². The molecular weight excluding hydrogens is 327 g/mol. The van der Waals surface area contributed by atoms with E-state index >= 15 is 0 Å². The number of Topliss-reactive ketones (excluding diaryl/α,β-unsaturated/α-hetero) is 1. The van der Waals surface area contributed by atoms with Gasteiger partial charge in [-0.05, 0) is 19.9 Å². The highest BCUT2D eigenvalue weighted by Gasteiger charge is 2.41. The van der Waals surface area contributed by atoms with Crippen LogP contribution in [0.15, 0.2) is 18.2 Å². The zero-order valence-electron chi connectivity index (χ0n) is 12.8. The molecule has 0 saturated carbocycles. The van der Waals surface area contributed by atoms with Gasteiger partial charge in [0, 0.05) is 42.6 Å². The van der Waals surface area contributed by atoms with Gasteiger partial charge in [0.2, 0.25) is 10.0 Å². The Bertz CT molecular complexity index is 760. The molecule has 0 aromatic heterocycles. The van der Waals surface area contributed by atoms with Crippen LogP contribution < -0.4 is 0 Å². The minimum atomic E-state index is -3.91. The van der Waals surface area contributed by atoms with Gasteiger partial charge in [0.15, 0.2) is 0 Å². The van der Waals surface area contributed by atoms with Crippen LogP contribution in [-0.4, -0.2) is 35.5 Å². The number of carbonyl (C=O) groups is 1. The summed E-state index contributed by atoms with van der Waals surface area (Å²) in [6.45, 7) is 3.29. The maximum atomic E-state index is 13.8. The molecule has 1 aromatic carbocycles. The number of benzene rings is 1. The predicted molar refractivity (Wildman–Crippen MR) is 80.7 cm³/mol. The first-order chi connectivity index (χ1) is 10.5. The number of rotatable bonds is 4. The van der Waals surface area contributed by atoms with Crippen molar-refractivity contribution in [3.63, 3.8) is 0 Å². The second-order valence-electron chi connectivity index (χ2n) is 6.14. The molecule has 23 heavy (non-hydrogen) atoms. The van der Waals surface area contributed by atoms with Crippen molar-refractivity contribution in [2.75, 3.05) is 6.54 Å². The minimum absolute atomic E-state index is 0.0250. The van der Waals surface area contributed by atoms with Gasteiger partial charge in [-0.1, -0.05) is 0 Å². The first-order valence-electron chi connectivity index (χ1n) is 6.98. The summed E-state index contributed by atoms with van der Waals surface area (Å²) in [5, 5.41) is 10.8. The van der Waals surface area contributed by atoms with Gasteiger partial charge >= 0.3 is 0 Å². The van der Waals surface area contributed by atoms with E-state index in [2.05, 4.69) is 0 Å². The first-order valence-corrected chi connectivity index (χ1v) is 8.59. The number of halogens is 1. The number of piperidine rings is 1. The molecule has 0 bridgehead atoms. The maximum Gasteiger partial charge on any atom is 0.269 e. The van der Waals surface area contributed by atoms with Gasteiger partial charge in [-0.2, -0.15) is 4.31 Å². The van der Waals surface area contributed by atoms with Gasteiger partial charge in [0.1, 0.15) is 11.6 Å². The lowest BCUT2D eigenvalue weighted by Crippen LogP contribution is -2.53. The molecular formula is C14H17FN2O5S. The Morgan fingerprint density at radius 1 is 1.39 bits per heavy atom.